The molecule has 0 aromatic heterocycles. The summed E-state index contributed by atoms with van der Waals surface area (Å²) < 4.78 is 24.5. The van der Waals surface area contributed by atoms with Crippen molar-refractivity contribution in [1.29, 1.82) is 0 Å². The number of hydrogen-bond donors (Lipinski definition) is 1. The summed E-state index contributed by atoms with van der Waals surface area (Å²) in [5.74, 6) is 0. The molecule has 0 bridgehead atoms. The third-order valence-corrected chi connectivity index (χ3v) is 4.93. The lowest BCUT2D eigenvalue weighted by Crippen LogP contribution is -2.31. The Morgan fingerprint density at radius 3 is 2.56 bits per heavy atom. The Balaban J connectivity index is 3.09. The summed E-state index contributed by atoms with van der Waals surface area (Å²) in [6, 6.07) is 7.08. The molecule has 4 heteroatoms. The summed E-state index contributed by atoms with van der Waals surface area (Å²) in [5.41, 5.74) is 0.973. The topological polar surface area (TPSA) is 46.2 Å². The highest BCUT2D eigenvalue weighted by Gasteiger charge is 2.25. The number of nitrogens with one attached hydrogen (secondary N) is 1. The van der Waals surface area contributed by atoms with Crippen molar-refractivity contribution in [3.63, 3.8) is 0 Å². The summed E-state index contributed by atoms with van der Waals surface area (Å²) in [6.07, 6.45) is 0.622. The molecule has 0 aliphatic heterocycles. The van der Waals surface area contributed by atoms with Crippen molar-refractivity contribution in [3.8, 4) is 0 Å². The molecule has 0 amide bonds. The molecule has 1 rings (SSSR count). The van der Waals surface area contributed by atoms with Crippen molar-refractivity contribution < 1.29 is 8.42 Å². The van der Waals surface area contributed by atoms with E-state index in [1.165, 1.54) is 0 Å². The Kier molecular flexibility index (Phi) is 4.50. The van der Waals surface area contributed by atoms with E-state index < -0.39 is 9.84 Å². The van der Waals surface area contributed by atoms with Gasteiger partial charge in [0.15, 0.2) is 9.84 Å². The standard InChI is InChI=1S/C12H19NO2S/c1-4-11(9-13-3)16(14,15)12-7-5-6-10(2)8-12/h5-8,11,13H,4,9H2,1-3H3. The highest BCUT2D eigenvalue weighted by Crippen LogP contribution is 2.18. The van der Waals surface area contributed by atoms with E-state index in [-0.39, 0.29) is 5.25 Å². The molecule has 1 N–H and O–H groups in total. The molecular weight excluding hydrogens is 222 g/mol. The minimum atomic E-state index is -3.20. The van der Waals surface area contributed by atoms with Crippen molar-refractivity contribution in [2.24, 2.45) is 0 Å². The van der Waals surface area contributed by atoms with E-state index >= 15 is 0 Å². The Morgan fingerprint density at radius 2 is 2.06 bits per heavy atom. The van der Waals surface area contributed by atoms with Gasteiger partial charge in [0.1, 0.15) is 0 Å². The van der Waals surface area contributed by atoms with Crippen molar-refractivity contribution in [2.45, 2.75) is 30.4 Å². The van der Waals surface area contributed by atoms with E-state index in [4.69, 9.17) is 0 Å². The molecule has 0 fully saturated rings. The first-order chi connectivity index (χ1) is 7.52. The second-order valence-electron chi connectivity index (χ2n) is 3.95. The van der Waals surface area contributed by atoms with Gasteiger partial charge in [-0.05, 0) is 38.1 Å². The van der Waals surface area contributed by atoms with Gasteiger partial charge in [0.25, 0.3) is 0 Å². The fourth-order valence-electron chi connectivity index (χ4n) is 1.69. The number of rotatable bonds is 5. The third kappa shape index (κ3) is 2.83. The van der Waals surface area contributed by atoms with Gasteiger partial charge >= 0.3 is 0 Å². The maximum absolute atomic E-state index is 12.3. The zero-order valence-corrected chi connectivity index (χ0v) is 10.8. The molecule has 16 heavy (non-hydrogen) atoms. The zero-order chi connectivity index (χ0) is 12.2. The lowest BCUT2D eigenvalue weighted by molar-refractivity contribution is 0.568. The maximum atomic E-state index is 12.3. The SMILES string of the molecule is CCC(CNC)S(=O)(=O)c1cccc(C)c1. The van der Waals surface area contributed by atoms with Crippen LogP contribution in [0.15, 0.2) is 29.2 Å². The second-order valence-corrected chi connectivity index (χ2v) is 6.18. The molecule has 0 saturated heterocycles. The number of hydrogen-bond acceptors (Lipinski definition) is 3. The normalized spacial score (nSPS) is 13.7. The van der Waals surface area contributed by atoms with Gasteiger partial charge in [0.05, 0.1) is 10.1 Å². The van der Waals surface area contributed by atoms with Crippen molar-refractivity contribution in [1.82, 2.24) is 5.32 Å². The van der Waals surface area contributed by atoms with Gasteiger partial charge in [0.2, 0.25) is 0 Å². The first-order valence-electron chi connectivity index (χ1n) is 5.47. The van der Waals surface area contributed by atoms with E-state index in [1.54, 1.807) is 25.2 Å². The van der Waals surface area contributed by atoms with E-state index in [1.807, 2.05) is 19.9 Å². The fraction of sp³-hybridized carbons (Fsp3) is 0.500. The quantitative estimate of drug-likeness (QED) is 0.854. The maximum Gasteiger partial charge on any atom is 0.182 e. The van der Waals surface area contributed by atoms with Gasteiger partial charge in [-0.3, -0.25) is 0 Å². The predicted octanol–water partition coefficient (Wildman–Crippen LogP) is 1.77. The molecule has 1 atom stereocenters. The molecule has 0 saturated carbocycles. The Morgan fingerprint density at radius 1 is 1.38 bits per heavy atom. The second kappa shape index (κ2) is 5.46. The van der Waals surface area contributed by atoms with Crippen molar-refractivity contribution in [3.05, 3.63) is 29.8 Å². The highest BCUT2D eigenvalue weighted by molar-refractivity contribution is 7.92. The smallest absolute Gasteiger partial charge is 0.182 e. The summed E-state index contributed by atoms with van der Waals surface area (Å²) >= 11 is 0. The van der Waals surface area contributed by atoms with Crippen LogP contribution in [-0.2, 0) is 9.84 Å². The largest absolute Gasteiger partial charge is 0.318 e. The predicted molar refractivity (Wildman–Crippen MR) is 66.4 cm³/mol. The van der Waals surface area contributed by atoms with E-state index in [0.717, 1.165) is 5.56 Å². The minimum absolute atomic E-state index is 0.348. The third-order valence-electron chi connectivity index (χ3n) is 2.64. The summed E-state index contributed by atoms with van der Waals surface area (Å²) in [4.78, 5) is 0.426. The van der Waals surface area contributed by atoms with E-state index in [9.17, 15) is 8.42 Å². The van der Waals surface area contributed by atoms with Crippen LogP contribution in [0.1, 0.15) is 18.9 Å². The molecule has 0 spiro atoms. The average Bonchev–Trinajstić information content (AvgIpc) is 2.25. The number of benzene rings is 1. The van der Waals surface area contributed by atoms with Gasteiger partial charge in [0, 0.05) is 6.54 Å². The lowest BCUT2D eigenvalue weighted by atomic mass is 10.2. The van der Waals surface area contributed by atoms with Crippen LogP contribution in [-0.4, -0.2) is 27.3 Å². The zero-order valence-electron chi connectivity index (χ0n) is 10.0. The summed E-state index contributed by atoms with van der Waals surface area (Å²) in [7, 11) is -1.43. The first kappa shape index (κ1) is 13.2. The van der Waals surface area contributed by atoms with Crippen LogP contribution in [0.4, 0.5) is 0 Å². The molecule has 90 valence electrons. The lowest BCUT2D eigenvalue weighted by Gasteiger charge is -2.15. The number of sulfone groups is 1. The molecule has 0 heterocycles. The van der Waals surface area contributed by atoms with Gasteiger partial charge < -0.3 is 5.32 Å². The average molecular weight is 241 g/mol. The summed E-state index contributed by atoms with van der Waals surface area (Å²) in [6.45, 7) is 4.29. The van der Waals surface area contributed by atoms with Crippen molar-refractivity contribution in [2.75, 3.05) is 13.6 Å². The Hall–Kier alpha value is -0.870. The molecule has 0 radical (unpaired) electrons. The van der Waals surface area contributed by atoms with Crippen LogP contribution in [0, 0.1) is 6.92 Å². The van der Waals surface area contributed by atoms with Gasteiger partial charge in [-0.2, -0.15) is 0 Å². The molecule has 1 aromatic rings. The summed E-state index contributed by atoms with van der Waals surface area (Å²) in [5, 5.41) is 2.58. The molecule has 0 aliphatic rings. The molecule has 1 unspecified atom stereocenters. The monoisotopic (exact) mass is 241 g/mol. The van der Waals surface area contributed by atoms with E-state index in [2.05, 4.69) is 5.32 Å². The minimum Gasteiger partial charge on any atom is -0.318 e. The van der Waals surface area contributed by atoms with Gasteiger partial charge in [-0.15, -0.1) is 0 Å². The van der Waals surface area contributed by atoms with Crippen molar-refractivity contribution >= 4 is 9.84 Å². The number of aryl methyl sites for hydroxylation is 1. The molecule has 1 aromatic carbocycles. The van der Waals surface area contributed by atoms with Crippen LogP contribution in [0.5, 0.6) is 0 Å². The highest BCUT2D eigenvalue weighted by atomic mass is 32.2. The van der Waals surface area contributed by atoms with E-state index in [0.29, 0.717) is 17.9 Å². The van der Waals surface area contributed by atoms with Crippen LogP contribution in [0.25, 0.3) is 0 Å². The molecular formula is C12H19NO2S. The first-order valence-corrected chi connectivity index (χ1v) is 7.02. The van der Waals surface area contributed by atoms with Crippen LogP contribution >= 0.6 is 0 Å². The molecule has 0 aliphatic carbocycles. The van der Waals surface area contributed by atoms with Gasteiger partial charge in [-0.1, -0.05) is 19.1 Å². The molecule has 3 nitrogen and oxygen atoms in total. The van der Waals surface area contributed by atoms with Gasteiger partial charge in [-0.25, -0.2) is 8.42 Å². The fourth-order valence-corrected chi connectivity index (χ4v) is 3.51. The Bertz CT molecular complexity index is 440. The van der Waals surface area contributed by atoms with Crippen LogP contribution in [0.3, 0.4) is 0 Å². The van der Waals surface area contributed by atoms with Crippen LogP contribution in [0.2, 0.25) is 0 Å². The Labute approximate surface area is 97.8 Å². The van der Waals surface area contributed by atoms with Crippen LogP contribution < -0.4 is 5.32 Å².